The van der Waals surface area contributed by atoms with Gasteiger partial charge in [-0.05, 0) is 30.5 Å². The van der Waals surface area contributed by atoms with E-state index in [0.717, 1.165) is 16.7 Å². The number of benzene rings is 2. The predicted octanol–water partition coefficient (Wildman–Crippen LogP) is 4.76. The van der Waals surface area contributed by atoms with Gasteiger partial charge >= 0.3 is 5.97 Å². The number of allylic oxidation sites excluding steroid dienone is 1. The number of aromatic nitrogens is 1. The molecular weight excluding hydrogens is 350 g/mol. The number of carboxylic acid groups (broad SMARTS) is 1. The maximum absolute atomic E-state index is 12.5. The van der Waals surface area contributed by atoms with Gasteiger partial charge in [0.15, 0.2) is 5.78 Å². The van der Waals surface area contributed by atoms with Gasteiger partial charge in [0.05, 0.1) is 0 Å². The third-order valence-corrected chi connectivity index (χ3v) is 4.53. The zero-order valence-corrected chi connectivity index (χ0v) is 15.8. The summed E-state index contributed by atoms with van der Waals surface area (Å²) in [5.41, 5.74) is 4.54. The molecule has 0 aliphatic heterocycles. The summed E-state index contributed by atoms with van der Waals surface area (Å²) >= 11 is 0. The van der Waals surface area contributed by atoms with Gasteiger partial charge in [0.2, 0.25) is 0 Å². The fourth-order valence-corrected chi connectivity index (χ4v) is 2.97. The summed E-state index contributed by atoms with van der Waals surface area (Å²) in [5, 5.41) is 8.80. The van der Waals surface area contributed by atoms with Crippen LogP contribution in [0.15, 0.2) is 73.1 Å². The van der Waals surface area contributed by atoms with Crippen LogP contribution in [-0.2, 0) is 17.8 Å². The molecule has 4 heteroatoms. The Balaban J connectivity index is 1.61. The number of carboxylic acids is 1. The van der Waals surface area contributed by atoms with E-state index in [0.29, 0.717) is 24.1 Å². The first-order chi connectivity index (χ1) is 13.5. The maximum Gasteiger partial charge on any atom is 0.303 e. The van der Waals surface area contributed by atoms with Crippen molar-refractivity contribution in [3.8, 4) is 0 Å². The number of carbonyl (C=O) groups excluding carboxylic acids is 1. The second kappa shape index (κ2) is 9.00. The lowest BCUT2D eigenvalue weighted by Gasteiger charge is -2.01. The summed E-state index contributed by atoms with van der Waals surface area (Å²) in [6, 6.07) is 17.3. The molecule has 1 N–H and O–H groups in total. The quantitative estimate of drug-likeness (QED) is 0.579. The van der Waals surface area contributed by atoms with Crippen LogP contribution in [0, 0.1) is 6.92 Å². The highest BCUT2D eigenvalue weighted by Crippen LogP contribution is 2.13. The highest BCUT2D eigenvalue weighted by molar-refractivity contribution is 6.08. The molecule has 142 valence electrons. The van der Waals surface area contributed by atoms with Gasteiger partial charge in [-0.3, -0.25) is 9.59 Å². The number of hydrogen-bond acceptors (Lipinski definition) is 2. The van der Waals surface area contributed by atoms with E-state index in [-0.39, 0.29) is 12.2 Å². The Morgan fingerprint density at radius 3 is 2.57 bits per heavy atom. The van der Waals surface area contributed by atoms with Gasteiger partial charge in [-0.1, -0.05) is 66.2 Å². The van der Waals surface area contributed by atoms with Crippen molar-refractivity contribution in [2.24, 2.45) is 0 Å². The second-order valence-corrected chi connectivity index (χ2v) is 6.83. The number of aryl methyl sites for hydroxylation is 2. The molecule has 0 saturated heterocycles. The molecule has 0 amide bonds. The normalized spacial score (nSPS) is 11.0. The average molecular weight is 373 g/mol. The largest absolute Gasteiger partial charge is 0.481 e. The smallest absolute Gasteiger partial charge is 0.303 e. The van der Waals surface area contributed by atoms with Crippen LogP contribution in [0.3, 0.4) is 0 Å². The highest BCUT2D eigenvalue weighted by atomic mass is 16.4. The van der Waals surface area contributed by atoms with E-state index >= 15 is 0 Å². The van der Waals surface area contributed by atoms with E-state index in [2.05, 4.69) is 0 Å². The van der Waals surface area contributed by atoms with Crippen LogP contribution >= 0.6 is 0 Å². The molecular formula is C24H23NO3. The summed E-state index contributed by atoms with van der Waals surface area (Å²) in [7, 11) is 0. The fourth-order valence-electron chi connectivity index (χ4n) is 2.97. The predicted molar refractivity (Wildman–Crippen MR) is 110 cm³/mol. The molecule has 0 aliphatic rings. The van der Waals surface area contributed by atoms with Gasteiger partial charge in [-0.2, -0.15) is 0 Å². The first-order valence-corrected chi connectivity index (χ1v) is 9.26. The lowest BCUT2D eigenvalue weighted by atomic mass is 10.0. The zero-order valence-electron chi connectivity index (χ0n) is 15.8. The molecule has 0 saturated carbocycles. The molecule has 0 unspecified atom stereocenters. The van der Waals surface area contributed by atoms with Crippen LogP contribution in [0.5, 0.6) is 0 Å². The van der Waals surface area contributed by atoms with Crippen molar-refractivity contribution in [3.05, 3.63) is 101 Å². The molecule has 2 aromatic carbocycles. The van der Waals surface area contributed by atoms with Crippen molar-refractivity contribution in [3.63, 3.8) is 0 Å². The van der Waals surface area contributed by atoms with E-state index in [9.17, 15) is 9.59 Å². The molecule has 3 aromatic rings. The van der Waals surface area contributed by atoms with Crippen LogP contribution in [0.2, 0.25) is 0 Å². The number of nitrogens with zero attached hydrogens (tertiary/aromatic N) is 1. The molecule has 1 heterocycles. The van der Waals surface area contributed by atoms with Crippen molar-refractivity contribution >= 4 is 17.8 Å². The minimum atomic E-state index is -0.787. The number of ketones is 1. The molecule has 4 nitrogen and oxygen atoms in total. The highest BCUT2D eigenvalue weighted by Gasteiger charge is 2.09. The van der Waals surface area contributed by atoms with Crippen LogP contribution in [0.4, 0.5) is 0 Å². The summed E-state index contributed by atoms with van der Waals surface area (Å²) in [5.74, 6) is -0.765. The standard InChI is InChI=1S/C24H23NO3/c1-18-7-10-21(11-8-18)24(28)22-13-15-25(17-22)14-3-6-19-4-2-5-20(16-19)9-12-23(26)27/h2-8,10-11,13,15-17H,9,12,14H2,1H3,(H,26,27). The van der Waals surface area contributed by atoms with E-state index in [1.165, 1.54) is 0 Å². The molecule has 0 fully saturated rings. The van der Waals surface area contributed by atoms with Gasteiger partial charge in [-0.15, -0.1) is 0 Å². The van der Waals surface area contributed by atoms with Crippen molar-refractivity contribution in [1.29, 1.82) is 0 Å². The molecule has 0 aliphatic carbocycles. The topological polar surface area (TPSA) is 59.3 Å². The molecule has 0 bridgehead atoms. The van der Waals surface area contributed by atoms with Gasteiger partial charge in [0.1, 0.15) is 0 Å². The Labute approximate surface area is 164 Å². The van der Waals surface area contributed by atoms with Crippen molar-refractivity contribution in [1.82, 2.24) is 4.57 Å². The molecule has 0 spiro atoms. The Morgan fingerprint density at radius 2 is 1.82 bits per heavy atom. The Kier molecular flexibility index (Phi) is 6.22. The van der Waals surface area contributed by atoms with Crippen molar-refractivity contribution < 1.29 is 14.7 Å². The molecule has 1 aromatic heterocycles. The Bertz CT molecular complexity index is 997. The summed E-state index contributed by atoms with van der Waals surface area (Å²) in [6.45, 7) is 2.65. The second-order valence-electron chi connectivity index (χ2n) is 6.83. The monoisotopic (exact) mass is 373 g/mol. The first-order valence-electron chi connectivity index (χ1n) is 9.26. The Hall–Kier alpha value is -3.40. The van der Waals surface area contributed by atoms with Crippen molar-refractivity contribution in [2.45, 2.75) is 26.3 Å². The number of hydrogen-bond donors (Lipinski definition) is 1. The van der Waals surface area contributed by atoms with Gasteiger partial charge < -0.3 is 9.67 Å². The SMILES string of the molecule is Cc1ccc(C(=O)c2ccn(CC=Cc3cccc(CCC(=O)O)c3)c2)cc1. The van der Waals surface area contributed by atoms with Crippen LogP contribution < -0.4 is 0 Å². The maximum atomic E-state index is 12.5. The molecule has 0 radical (unpaired) electrons. The average Bonchev–Trinajstić information content (AvgIpc) is 3.16. The first kappa shape index (κ1) is 19.4. The minimum Gasteiger partial charge on any atom is -0.481 e. The third kappa shape index (κ3) is 5.30. The summed E-state index contributed by atoms with van der Waals surface area (Å²) in [6.07, 6.45) is 8.44. The van der Waals surface area contributed by atoms with E-state index in [1.54, 1.807) is 0 Å². The lowest BCUT2D eigenvalue weighted by Crippen LogP contribution is -2.00. The lowest BCUT2D eigenvalue weighted by molar-refractivity contribution is -0.136. The Morgan fingerprint density at radius 1 is 1.04 bits per heavy atom. The summed E-state index contributed by atoms with van der Waals surface area (Å²) in [4.78, 5) is 23.2. The van der Waals surface area contributed by atoms with Gasteiger partial charge in [0.25, 0.3) is 0 Å². The van der Waals surface area contributed by atoms with Crippen LogP contribution in [-0.4, -0.2) is 21.4 Å². The van der Waals surface area contributed by atoms with Crippen molar-refractivity contribution in [2.75, 3.05) is 0 Å². The number of carbonyl (C=O) groups is 2. The molecule has 3 rings (SSSR count). The fraction of sp³-hybridized carbons (Fsp3) is 0.167. The third-order valence-electron chi connectivity index (χ3n) is 4.53. The minimum absolute atomic E-state index is 0.0221. The number of aliphatic carboxylic acids is 1. The molecule has 28 heavy (non-hydrogen) atoms. The number of rotatable bonds is 8. The molecule has 0 atom stereocenters. The van der Waals surface area contributed by atoms with Gasteiger partial charge in [0, 0.05) is 36.5 Å². The van der Waals surface area contributed by atoms with Crippen LogP contribution in [0.25, 0.3) is 6.08 Å². The zero-order chi connectivity index (χ0) is 19.9. The van der Waals surface area contributed by atoms with Crippen LogP contribution in [0.1, 0.15) is 39.0 Å². The van der Waals surface area contributed by atoms with E-state index < -0.39 is 5.97 Å². The van der Waals surface area contributed by atoms with E-state index in [4.69, 9.17) is 5.11 Å². The summed E-state index contributed by atoms with van der Waals surface area (Å²) < 4.78 is 1.96. The van der Waals surface area contributed by atoms with E-state index in [1.807, 2.05) is 90.6 Å². The van der Waals surface area contributed by atoms with Gasteiger partial charge in [-0.25, -0.2) is 0 Å².